The van der Waals surface area contributed by atoms with Crippen molar-refractivity contribution < 1.29 is 15.3 Å². The van der Waals surface area contributed by atoms with Crippen molar-refractivity contribution in [3.8, 4) is 22.9 Å². The van der Waals surface area contributed by atoms with Crippen LogP contribution in [0.1, 0.15) is 0 Å². The number of fused-ring (bicyclic) bond motifs is 1. The van der Waals surface area contributed by atoms with Gasteiger partial charge in [-0.2, -0.15) is 0 Å². The van der Waals surface area contributed by atoms with Crippen molar-refractivity contribution in [1.82, 2.24) is 9.97 Å². The van der Waals surface area contributed by atoms with Gasteiger partial charge in [-0.1, -0.05) is 12.1 Å². The third-order valence-corrected chi connectivity index (χ3v) is 2.72. The monoisotopic (exact) mass is 242 g/mol. The van der Waals surface area contributed by atoms with E-state index < -0.39 is 0 Å². The molecule has 0 aliphatic carbocycles. The Morgan fingerprint density at radius 3 is 2.67 bits per heavy atom. The van der Waals surface area contributed by atoms with E-state index in [0.717, 1.165) is 11.0 Å². The molecule has 0 amide bonds. The molecule has 5 heteroatoms. The summed E-state index contributed by atoms with van der Waals surface area (Å²) >= 11 is 0. The SMILES string of the molecule is OOc1ccc(-c2nc3ccccc3[nH]2)c(O)c1. The normalized spacial score (nSPS) is 10.7. The lowest BCUT2D eigenvalue weighted by atomic mass is 10.2. The minimum absolute atomic E-state index is 0.0133. The molecule has 0 atom stereocenters. The molecule has 2 aromatic carbocycles. The first-order chi connectivity index (χ1) is 8.78. The summed E-state index contributed by atoms with van der Waals surface area (Å²) in [5.74, 6) is 0.728. The van der Waals surface area contributed by atoms with Crippen LogP contribution < -0.4 is 4.89 Å². The number of imidazole rings is 1. The van der Waals surface area contributed by atoms with Gasteiger partial charge in [0, 0.05) is 6.07 Å². The molecular weight excluding hydrogens is 232 g/mol. The molecular formula is C13H10N2O3. The predicted octanol–water partition coefficient (Wildman–Crippen LogP) is 2.79. The maximum atomic E-state index is 9.85. The van der Waals surface area contributed by atoms with E-state index in [2.05, 4.69) is 14.9 Å². The molecule has 0 aliphatic heterocycles. The Bertz CT molecular complexity index is 673. The number of H-pyrrole nitrogens is 1. The number of aromatic hydroxyl groups is 1. The van der Waals surface area contributed by atoms with E-state index in [9.17, 15) is 5.11 Å². The molecule has 0 radical (unpaired) electrons. The van der Waals surface area contributed by atoms with E-state index in [4.69, 9.17) is 5.26 Å². The van der Waals surface area contributed by atoms with Crippen molar-refractivity contribution in [1.29, 1.82) is 0 Å². The molecule has 0 saturated heterocycles. The minimum atomic E-state index is -0.0133. The number of phenols is 1. The van der Waals surface area contributed by atoms with Crippen LogP contribution in [0.25, 0.3) is 22.4 Å². The van der Waals surface area contributed by atoms with Crippen molar-refractivity contribution in [2.75, 3.05) is 0 Å². The topological polar surface area (TPSA) is 78.4 Å². The van der Waals surface area contributed by atoms with Crippen molar-refractivity contribution in [3.05, 3.63) is 42.5 Å². The van der Waals surface area contributed by atoms with Crippen LogP contribution in [0, 0.1) is 0 Å². The van der Waals surface area contributed by atoms with Crippen molar-refractivity contribution in [2.45, 2.75) is 0 Å². The molecule has 0 saturated carbocycles. The van der Waals surface area contributed by atoms with Crippen LogP contribution in [-0.4, -0.2) is 20.3 Å². The van der Waals surface area contributed by atoms with Gasteiger partial charge >= 0.3 is 0 Å². The van der Waals surface area contributed by atoms with Gasteiger partial charge in [0.1, 0.15) is 11.6 Å². The summed E-state index contributed by atoms with van der Waals surface area (Å²) in [6.45, 7) is 0. The van der Waals surface area contributed by atoms with Gasteiger partial charge < -0.3 is 15.0 Å². The number of aromatic amines is 1. The third-order valence-electron chi connectivity index (χ3n) is 2.72. The number of hydrogen-bond donors (Lipinski definition) is 3. The summed E-state index contributed by atoms with van der Waals surface area (Å²) in [5.41, 5.74) is 2.27. The highest BCUT2D eigenvalue weighted by atomic mass is 17.1. The molecule has 0 aliphatic rings. The minimum Gasteiger partial charge on any atom is -0.507 e. The molecule has 0 unspecified atom stereocenters. The van der Waals surface area contributed by atoms with Gasteiger partial charge in [-0.05, 0) is 24.3 Å². The van der Waals surface area contributed by atoms with Crippen LogP contribution in [0.4, 0.5) is 0 Å². The Labute approximate surface area is 102 Å². The van der Waals surface area contributed by atoms with Gasteiger partial charge in [0.2, 0.25) is 0 Å². The second-order valence-electron chi connectivity index (χ2n) is 3.87. The molecule has 1 aromatic heterocycles. The molecule has 3 N–H and O–H groups in total. The van der Waals surface area contributed by atoms with Crippen LogP contribution >= 0.6 is 0 Å². The maximum absolute atomic E-state index is 9.85. The molecule has 5 nitrogen and oxygen atoms in total. The quantitative estimate of drug-likeness (QED) is 0.477. The average molecular weight is 242 g/mol. The molecule has 3 aromatic rings. The summed E-state index contributed by atoms with van der Waals surface area (Å²) in [6.07, 6.45) is 0. The van der Waals surface area contributed by atoms with Crippen LogP contribution in [0.5, 0.6) is 11.5 Å². The van der Waals surface area contributed by atoms with E-state index in [0.29, 0.717) is 11.4 Å². The smallest absolute Gasteiger partial charge is 0.168 e. The number of hydrogen-bond acceptors (Lipinski definition) is 4. The summed E-state index contributed by atoms with van der Waals surface area (Å²) in [6, 6.07) is 12.1. The Morgan fingerprint density at radius 2 is 1.94 bits per heavy atom. The van der Waals surface area contributed by atoms with E-state index in [1.807, 2.05) is 24.3 Å². The van der Waals surface area contributed by atoms with Gasteiger partial charge in [0.15, 0.2) is 5.75 Å². The van der Waals surface area contributed by atoms with Gasteiger partial charge in [-0.15, -0.1) is 0 Å². The number of benzene rings is 2. The zero-order chi connectivity index (χ0) is 12.5. The fourth-order valence-electron chi connectivity index (χ4n) is 1.85. The molecule has 3 rings (SSSR count). The largest absolute Gasteiger partial charge is 0.507 e. The highest BCUT2D eigenvalue weighted by molar-refractivity contribution is 5.80. The lowest BCUT2D eigenvalue weighted by Crippen LogP contribution is -1.86. The highest BCUT2D eigenvalue weighted by Gasteiger charge is 2.10. The number of rotatable bonds is 2. The Morgan fingerprint density at radius 1 is 1.11 bits per heavy atom. The second kappa shape index (κ2) is 4.05. The van der Waals surface area contributed by atoms with Crippen molar-refractivity contribution in [3.63, 3.8) is 0 Å². The molecule has 18 heavy (non-hydrogen) atoms. The lowest BCUT2D eigenvalue weighted by Gasteiger charge is -2.02. The molecule has 90 valence electrons. The van der Waals surface area contributed by atoms with E-state index in [-0.39, 0.29) is 11.5 Å². The number of aromatic nitrogens is 2. The predicted molar refractivity (Wildman–Crippen MR) is 66.5 cm³/mol. The van der Waals surface area contributed by atoms with Gasteiger partial charge in [0.25, 0.3) is 0 Å². The second-order valence-corrected chi connectivity index (χ2v) is 3.87. The van der Waals surface area contributed by atoms with Gasteiger partial charge in [-0.3, -0.25) is 0 Å². The highest BCUT2D eigenvalue weighted by Crippen LogP contribution is 2.31. The fourth-order valence-corrected chi connectivity index (χ4v) is 1.85. The molecule has 0 spiro atoms. The maximum Gasteiger partial charge on any atom is 0.168 e. The van der Waals surface area contributed by atoms with Crippen LogP contribution in [0.15, 0.2) is 42.5 Å². The summed E-state index contributed by atoms with van der Waals surface area (Å²) in [5, 5.41) is 18.4. The first-order valence-corrected chi connectivity index (χ1v) is 5.37. The standard InChI is InChI=1S/C13H10N2O3/c16-12-7-8(18-17)5-6-9(12)13-14-10-3-1-2-4-11(10)15-13/h1-7,16-17H,(H,14,15). The Balaban J connectivity index is 2.14. The number of phenolic OH excluding ortho intramolecular Hbond substituents is 1. The van der Waals surface area contributed by atoms with Crippen LogP contribution in [0.3, 0.4) is 0 Å². The van der Waals surface area contributed by atoms with Crippen molar-refractivity contribution >= 4 is 11.0 Å². The summed E-state index contributed by atoms with van der Waals surface area (Å²) < 4.78 is 0. The van der Waals surface area contributed by atoms with Gasteiger partial charge in [0.05, 0.1) is 16.6 Å². The van der Waals surface area contributed by atoms with Crippen LogP contribution in [-0.2, 0) is 0 Å². The molecule has 1 heterocycles. The fraction of sp³-hybridized carbons (Fsp3) is 0. The zero-order valence-corrected chi connectivity index (χ0v) is 9.29. The van der Waals surface area contributed by atoms with Gasteiger partial charge in [-0.25, -0.2) is 10.2 Å². The number of nitrogens with zero attached hydrogens (tertiary/aromatic N) is 1. The van der Waals surface area contributed by atoms with Crippen molar-refractivity contribution in [2.24, 2.45) is 0 Å². The average Bonchev–Trinajstić information content (AvgIpc) is 2.81. The Kier molecular flexibility index (Phi) is 2.39. The summed E-state index contributed by atoms with van der Waals surface area (Å²) in [7, 11) is 0. The summed E-state index contributed by atoms with van der Waals surface area (Å²) in [4.78, 5) is 11.6. The molecule has 0 bridgehead atoms. The van der Waals surface area contributed by atoms with E-state index in [1.165, 1.54) is 6.07 Å². The lowest BCUT2D eigenvalue weighted by molar-refractivity contribution is -0.137. The van der Waals surface area contributed by atoms with Crippen LogP contribution in [0.2, 0.25) is 0 Å². The molecule has 0 fully saturated rings. The first kappa shape index (κ1) is 10.6. The van der Waals surface area contributed by atoms with E-state index >= 15 is 0 Å². The third kappa shape index (κ3) is 1.66. The number of nitrogens with one attached hydrogen (secondary N) is 1. The number of para-hydroxylation sites is 2. The zero-order valence-electron chi connectivity index (χ0n) is 9.29. The Hall–Kier alpha value is -2.53. The van der Waals surface area contributed by atoms with E-state index in [1.54, 1.807) is 12.1 Å². The first-order valence-electron chi connectivity index (χ1n) is 5.37.